The molecule has 0 fully saturated rings. The number of ether oxygens (including phenoxy) is 4. The van der Waals surface area contributed by atoms with Crippen LogP contribution in [0.15, 0.2) is 23.0 Å². The molecule has 8 nitrogen and oxygen atoms in total. The predicted molar refractivity (Wildman–Crippen MR) is 114 cm³/mol. The molecule has 0 radical (unpaired) electrons. The Labute approximate surface area is 209 Å². The second-order valence-electron chi connectivity index (χ2n) is 10.5. The fraction of sp³-hybridized carbons (Fsp3) is 0.667. The van der Waals surface area contributed by atoms with Gasteiger partial charge in [-0.1, -0.05) is 0 Å². The van der Waals surface area contributed by atoms with Crippen molar-refractivity contribution in [1.29, 1.82) is 0 Å². The summed E-state index contributed by atoms with van der Waals surface area (Å²) in [6, 6.07) is 0. The summed E-state index contributed by atoms with van der Waals surface area (Å²) in [4.78, 5) is 13.1. The molecule has 0 saturated heterocycles. The van der Waals surface area contributed by atoms with E-state index in [1.807, 2.05) is 83.1 Å². The normalized spacial score (nSPS) is 13.6. The van der Waals surface area contributed by atoms with Gasteiger partial charge in [0.2, 0.25) is 23.0 Å². The molecule has 1 rings (SSSR count). The van der Waals surface area contributed by atoms with Crippen LogP contribution in [0, 0.1) is 20.0 Å². The summed E-state index contributed by atoms with van der Waals surface area (Å²) in [6.45, 7) is 36.3. The molecule has 1 aliphatic carbocycles. The van der Waals surface area contributed by atoms with E-state index in [0.29, 0.717) is 11.5 Å². The van der Waals surface area contributed by atoms with Gasteiger partial charge in [0, 0.05) is 17.1 Å². The van der Waals surface area contributed by atoms with E-state index in [0.717, 1.165) is 0 Å². The Morgan fingerprint density at radius 3 is 0.758 bits per heavy atom. The minimum atomic E-state index is -0.568. The van der Waals surface area contributed by atoms with Crippen molar-refractivity contribution in [3.63, 3.8) is 0 Å². The maximum Gasteiger partial charge on any atom is 0 e. The average molecular weight is 508 g/mol. The number of hydrogen-bond acceptors (Lipinski definition) is 5. The molecule has 0 bridgehead atoms. The maximum absolute atomic E-state index is 13.1. The molecule has 0 aromatic heterocycles. The number of hydrogen-bond donors (Lipinski definition) is 0. The largest absolute Gasteiger partial charge is 0 e. The third kappa shape index (κ3) is 16.4. The van der Waals surface area contributed by atoms with Crippen molar-refractivity contribution in [2.75, 3.05) is 0 Å². The molecule has 0 N–H and O–H groups in total. The zero-order valence-electron chi connectivity index (χ0n) is 21.6. The van der Waals surface area contributed by atoms with Gasteiger partial charge >= 0.3 is 33.9 Å². The van der Waals surface area contributed by atoms with Gasteiger partial charge in [-0.25, -0.2) is 0 Å². The molecule has 0 aliphatic heterocycles. The van der Waals surface area contributed by atoms with E-state index < -0.39 is 22.4 Å². The first-order valence-electron chi connectivity index (χ1n) is 9.70. The molecular weight excluding hydrogens is 472 g/mol. The molecule has 0 saturated carbocycles. The van der Waals surface area contributed by atoms with E-state index in [1.54, 1.807) is 0 Å². The summed E-state index contributed by atoms with van der Waals surface area (Å²) in [5.74, 6) is 0.503. The van der Waals surface area contributed by atoms with E-state index in [1.165, 1.54) is 0 Å². The van der Waals surface area contributed by atoms with Crippen LogP contribution in [0.25, 0.3) is 0 Å². The predicted octanol–water partition coefficient (Wildman–Crippen LogP) is 5.14. The van der Waals surface area contributed by atoms with Crippen LogP contribution in [0.2, 0.25) is 0 Å². The number of rotatable bonds is 4. The van der Waals surface area contributed by atoms with Gasteiger partial charge in [0.25, 0.3) is 5.78 Å². The quantitative estimate of drug-likeness (QED) is 0.297. The van der Waals surface area contributed by atoms with Crippen LogP contribution in [0.5, 0.6) is 0 Å². The second-order valence-corrected chi connectivity index (χ2v) is 10.5. The zero-order chi connectivity index (χ0) is 26.7. The number of Topliss-reactive ketones (excluding diaryl/α,β-unsaturated/α-hetero) is 1. The van der Waals surface area contributed by atoms with E-state index in [9.17, 15) is 4.79 Å². The van der Waals surface area contributed by atoms with E-state index in [-0.39, 0.29) is 34.4 Å². The first kappa shape index (κ1) is 38.4. The first-order valence-corrected chi connectivity index (χ1v) is 9.70. The number of ketones is 1. The smallest absolute Gasteiger partial charge is 0 e. The van der Waals surface area contributed by atoms with Gasteiger partial charge < -0.3 is 18.9 Å². The maximum atomic E-state index is 13.1. The van der Waals surface area contributed by atoms with Crippen molar-refractivity contribution in [2.24, 2.45) is 0 Å². The van der Waals surface area contributed by atoms with Crippen LogP contribution in [0.1, 0.15) is 83.1 Å². The third-order valence-corrected chi connectivity index (χ3v) is 2.66. The van der Waals surface area contributed by atoms with Crippen molar-refractivity contribution >= 4 is 5.78 Å². The Bertz CT molecular complexity index is 675. The molecule has 0 spiro atoms. The van der Waals surface area contributed by atoms with Crippen LogP contribution in [-0.4, -0.2) is 28.2 Å². The van der Waals surface area contributed by atoms with Crippen molar-refractivity contribution in [3.05, 3.63) is 43.0 Å². The molecule has 0 unspecified atom stereocenters. The Balaban J connectivity index is -0.000000553. The number of carbonyl (C=O) groups excluding carboxylic acids is 1. The number of carbonyl (C=O) groups is 1. The molecule has 0 aromatic carbocycles. The van der Waals surface area contributed by atoms with Crippen LogP contribution < -0.4 is 0 Å². The van der Waals surface area contributed by atoms with Gasteiger partial charge in [-0.2, -0.15) is 0 Å². The standard InChI is InChI=1S/C21H36O5.3CO.Fe/c1-18(2,3)23-14-13(22)15(24-19(4,5)6)17(26-21(10,11)12)16(14)25-20(7,8)9;3*1-2;/h1-12H3;;;;. The molecule has 0 atom stereocenters. The van der Waals surface area contributed by atoms with Crippen LogP contribution in [0.3, 0.4) is 0 Å². The van der Waals surface area contributed by atoms with Gasteiger partial charge in [-0.05, 0) is 83.1 Å². The Kier molecular flexibility index (Phi) is 17.5. The molecule has 1 aliphatic rings. The molecule has 33 heavy (non-hydrogen) atoms. The summed E-state index contributed by atoms with van der Waals surface area (Å²) in [5, 5.41) is 0. The minimum absolute atomic E-state index is 0. The Morgan fingerprint density at radius 1 is 0.455 bits per heavy atom. The van der Waals surface area contributed by atoms with Gasteiger partial charge in [0.05, 0.1) is 0 Å². The van der Waals surface area contributed by atoms with E-state index in [2.05, 4.69) is 20.0 Å². The molecule has 188 valence electrons. The van der Waals surface area contributed by atoms with E-state index >= 15 is 0 Å². The topological polar surface area (TPSA) is 114 Å². The summed E-state index contributed by atoms with van der Waals surface area (Å²) in [6.07, 6.45) is 0. The molecule has 0 amide bonds. The molecular formula is C24H36FeO8. The summed E-state index contributed by atoms with van der Waals surface area (Å²) >= 11 is 0. The summed E-state index contributed by atoms with van der Waals surface area (Å²) < 4.78 is 46.6. The van der Waals surface area contributed by atoms with E-state index in [4.69, 9.17) is 32.9 Å². The SMILES string of the molecule is CC(C)(C)OC1=C(OC(C)(C)C)C(OC(C)(C)C)=C(OC(C)(C)C)C1=O.[C-]#[O+].[C-]#[O+].[C-]#[O+].[Fe]. The van der Waals surface area contributed by atoms with Crippen molar-refractivity contribution < 1.29 is 54.8 Å². The van der Waals surface area contributed by atoms with Gasteiger partial charge in [-0.15, -0.1) is 0 Å². The van der Waals surface area contributed by atoms with Crippen molar-refractivity contribution in [3.8, 4) is 0 Å². The second kappa shape index (κ2) is 15.1. The van der Waals surface area contributed by atoms with Gasteiger partial charge in [0.1, 0.15) is 22.4 Å². The molecule has 9 heteroatoms. The fourth-order valence-electron chi connectivity index (χ4n) is 2.11. The average Bonchev–Trinajstić information content (AvgIpc) is 2.81. The van der Waals surface area contributed by atoms with Crippen LogP contribution in [-0.2, 0) is 54.8 Å². The summed E-state index contributed by atoms with van der Waals surface area (Å²) in [5.41, 5.74) is -2.21. The minimum Gasteiger partial charge on any atom is 0 e. The van der Waals surface area contributed by atoms with Gasteiger partial charge in [-0.3, -0.25) is 4.79 Å². The van der Waals surface area contributed by atoms with Crippen molar-refractivity contribution in [2.45, 2.75) is 105 Å². The van der Waals surface area contributed by atoms with Gasteiger partial charge in [0.15, 0.2) is 0 Å². The fourth-order valence-corrected chi connectivity index (χ4v) is 2.11. The summed E-state index contributed by atoms with van der Waals surface area (Å²) in [7, 11) is 0. The third-order valence-electron chi connectivity index (χ3n) is 2.66. The van der Waals surface area contributed by atoms with Crippen LogP contribution >= 0.6 is 0 Å². The van der Waals surface area contributed by atoms with Crippen molar-refractivity contribution in [1.82, 2.24) is 0 Å². The molecule has 0 heterocycles. The first-order chi connectivity index (χ1) is 14.3. The molecule has 0 aromatic rings. The van der Waals surface area contributed by atoms with Crippen LogP contribution in [0.4, 0.5) is 0 Å². The monoisotopic (exact) mass is 508 g/mol. The Morgan fingerprint density at radius 2 is 0.606 bits per heavy atom. The zero-order valence-corrected chi connectivity index (χ0v) is 22.7. The Hall–Kier alpha value is -1.91.